The van der Waals surface area contributed by atoms with E-state index in [1.165, 1.54) is 18.0 Å². The maximum Gasteiger partial charge on any atom is 0.306 e. The van der Waals surface area contributed by atoms with Crippen molar-refractivity contribution < 1.29 is 28.6 Å². The van der Waals surface area contributed by atoms with E-state index < -0.39 is 11.3 Å². The Bertz CT molecular complexity index is 1770. The predicted octanol–water partition coefficient (Wildman–Crippen LogP) is 4.19. The minimum Gasteiger partial charge on any atom is -0.454 e. The monoisotopic (exact) mass is 616 g/mol. The Hall–Kier alpha value is -4.84. The van der Waals surface area contributed by atoms with Gasteiger partial charge in [-0.1, -0.05) is 36.9 Å². The van der Waals surface area contributed by atoms with E-state index in [9.17, 15) is 19.2 Å². The molecule has 44 heavy (non-hydrogen) atoms. The number of hydrogen-bond donors (Lipinski definition) is 2. The van der Waals surface area contributed by atoms with Crippen molar-refractivity contribution in [1.82, 2.24) is 20.2 Å². The van der Waals surface area contributed by atoms with Crippen molar-refractivity contribution in [2.24, 2.45) is 0 Å². The van der Waals surface area contributed by atoms with Crippen LogP contribution in [0.1, 0.15) is 51.9 Å². The summed E-state index contributed by atoms with van der Waals surface area (Å²) in [5, 5.41) is 5.99. The van der Waals surface area contributed by atoms with Gasteiger partial charge in [-0.05, 0) is 43.7 Å². The third-order valence-corrected chi connectivity index (χ3v) is 7.76. The van der Waals surface area contributed by atoms with Crippen LogP contribution in [0.2, 0.25) is 0 Å². The molecule has 0 spiro atoms. The highest BCUT2D eigenvalue weighted by Crippen LogP contribution is 2.35. The standard InChI is InChI=1S/C32H32N4O7S/c1-3-7-29(37)43-19-44-28-11-5-4-10-22(28)31(39)33-12-13-36-17-24(32(40)34-16-21-9-6-8-20(2)35-21)30(38)23-14-26-27(15-25(23)36)42-18-41-26/h4-6,8-11,14-15,17H,3,7,12-13,16,18-19H2,1-2H3,(H,33,39)(H,34,40). The van der Waals surface area contributed by atoms with Crippen LogP contribution in [-0.4, -0.2) is 46.6 Å². The lowest BCUT2D eigenvalue weighted by atomic mass is 10.1. The first-order valence-electron chi connectivity index (χ1n) is 14.2. The zero-order valence-corrected chi connectivity index (χ0v) is 25.2. The van der Waals surface area contributed by atoms with Crippen LogP contribution in [0.5, 0.6) is 11.5 Å². The number of fused-ring (bicyclic) bond motifs is 2. The number of esters is 1. The molecule has 228 valence electrons. The molecule has 0 radical (unpaired) electrons. The molecule has 3 heterocycles. The van der Waals surface area contributed by atoms with Crippen LogP contribution in [0, 0.1) is 6.92 Å². The van der Waals surface area contributed by atoms with Gasteiger partial charge in [-0.3, -0.25) is 24.2 Å². The molecule has 0 unspecified atom stereocenters. The summed E-state index contributed by atoms with van der Waals surface area (Å²) in [6.45, 7) is 4.40. The van der Waals surface area contributed by atoms with E-state index in [1.807, 2.05) is 32.0 Å². The molecule has 0 aliphatic carbocycles. The molecule has 0 atom stereocenters. The smallest absolute Gasteiger partial charge is 0.306 e. The number of ether oxygens (including phenoxy) is 3. The Balaban J connectivity index is 1.33. The summed E-state index contributed by atoms with van der Waals surface area (Å²) >= 11 is 1.26. The number of nitrogens with zero attached hydrogens (tertiary/aromatic N) is 2. The molecular formula is C32H32N4O7S. The molecule has 1 aliphatic heterocycles. The number of aryl methyl sites for hydroxylation is 1. The Morgan fingerprint density at radius 2 is 1.77 bits per heavy atom. The molecule has 11 nitrogen and oxygen atoms in total. The Morgan fingerprint density at radius 1 is 1.00 bits per heavy atom. The van der Waals surface area contributed by atoms with Crippen LogP contribution >= 0.6 is 11.8 Å². The highest BCUT2D eigenvalue weighted by molar-refractivity contribution is 7.99. The lowest BCUT2D eigenvalue weighted by Gasteiger charge is -2.15. The number of carbonyl (C=O) groups excluding carboxylic acids is 3. The average molecular weight is 617 g/mol. The molecule has 4 aromatic rings. The quantitative estimate of drug-likeness (QED) is 0.136. The number of pyridine rings is 2. The number of rotatable bonds is 12. The van der Waals surface area contributed by atoms with E-state index in [2.05, 4.69) is 15.6 Å². The van der Waals surface area contributed by atoms with Gasteiger partial charge in [0.1, 0.15) is 11.5 Å². The van der Waals surface area contributed by atoms with E-state index in [4.69, 9.17) is 14.2 Å². The van der Waals surface area contributed by atoms with Crippen LogP contribution < -0.4 is 25.5 Å². The highest BCUT2D eigenvalue weighted by atomic mass is 32.2. The largest absolute Gasteiger partial charge is 0.454 e. The molecule has 0 saturated carbocycles. The Morgan fingerprint density at radius 3 is 2.57 bits per heavy atom. The zero-order valence-electron chi connectivity index (χ0n) is 24.4. The summed E-state index contributed by atoms with van der Waals surface area (Å²) in [5.41, 5.74) is 1.98. The molecule has 1 aliphatic rings. The van der Waals surface area contributed by atoms with Crippen LogP contribution in [-0.2, 0) is 22.6 Å². The molecule has 2 N–H and O–H groups in total. The summed E-state index contributed by atoms with van der Waals surface area (Å²) in [6, 6.07) is 15.9. The van der Waals surface area contributed by atoms with Crippen molar-refractivity contribution in [2.75, 3.05) is 19.3 Å². The number of hydrogen-bond acceptors (Lipinski definition) is 9. The van der Waals surface area contributed by atoms with E-state index in [-0.39, 0.29) is 49.8 Å². The maximum absolute atomic E-state index is 13.5. The molecule has 5 rings (SSSR count). The minimum atomic E-state index is -0.541. The van der Waals surface area contributed by atoms with Gasteiger partial charge >= 0.3 is 5.97 Å². The lowest BCUT2D eigenvalue weighted by Crippen LogP contribution is -2.31. The third-order valence-electron chi connectivity index (χ3n) is 6.85. The van der Waals surface area contributed by atoms with Crippen molar-refractivity contribution in [2.45, 2.75) is 44.7 Å². The van der Waals surface area contributed by atoms with Crippen molar-refractivity contribution in [3.63, 3.8) is 0 Å². The number of amides is 2. The first kappa shape index (κ1) is 30.6. The van der Waals surface area contributed by atoms with Gasteiger partial charge in [0.05, 0.1) is 28.7 Å². The molecule has 2 aromatic carbocycles. The fourth-order valence-corrected chi connectivity index (χ4v) is 5.50. The lowest BCUT2D eigenvalue weighted by molar-refractivity contribution is -0.141. The first-order valence-corrected chi connectivity index (χ1v) is 15.2. The van der Waals surface area contributed by atoms with E-state index >= 15 is 0 Å². The van der Waals surface area contributed by atoms with Gasteiger partial charge < -0.3 is 29.4 Å². The number of carbonyl (C=O) groups is 3. The van der Waals surface area contributed by atoms with Gasteiger partial charge in [0, 0.05) is 42.4 Å². The zero-order chi connectivity index (χ0) is 31.1. The summed E-state index contributed by atoms with van der Waals surface area (Å²) in [4.78, 5) is 56.6. The normalized spacial score (nSPS) is 11.8. The predicted molar refractivity (Wildman–Crippen MR) is 165 cm³/mol. The van der Waals surface area contributed by atoms with Crippen LogP contribution in [0.4, 0.5) is 0 Å². The summed E-state index contributed by atoms with van der Waals surface area (Å²) in [7, 11) is 0. The molecule has 2 amide bonds. The fourth-order valence-electron chi connectivity index (χ4n) is 4.69. The van der Waals surface area contributed by atoms with Gasteiger partial charge in [-0.15, -0.1) is 0 Å². The van der Waals surface area contributed by atoms with Gasteiger partial charge in [-0.2, -0.15) is 0 Å². The number of nitrogens with one attached hydrogen (secondary N) is 2. The molecular weight excluding hydrogens is 584 g/mol. The van der Waals surface area contributed by atoms with Crippen molar-refractivity contribution in [3.8, 4) is 11.5 Å². The second kappa shape index (κ2) is 14.1. The number of benzene rings is 2. The highest BCUT2D eigenvalue weighted by Gasteiger charge is 2.21. The molecule has 2 aromatic heterocycles. The first-order chi connectivity index (χ1) is 21.3. The molecule has 0 fully saturated rings. The van der Waals surface area contributed by atoms with Crippen LogP contribution in [0.3, 0.4) is 0 Å². The minimum absolute atomic E-state index is 0.0297. The summed E-state index contributed by atoms with van der Waals surface area (Å²) in [5.74, 6) is -0.111. The maximum atomic E-state index is 13.5. The number of thioether (sulfide) groups is 1. The third kappa shape index (κ3) is 7.20. The SMILES string of the molecule is CCCC(=O)OCSc1ccccc1C(=O)NCCn1cc(C(=O)NCc2cccc(C)n2)c(=O)c2cc3c(cc21)OCO3. The van der Waals surface area contributed by atoms with Crippen LogP contribution in [0.25, 0.3) is 10.9 Å². The average Bonchev–Trinajstić information content (AvgIpc) is 3.48. The second-order valence-corrected chi connectivity index (χ2v) is 11.0. The molecule has 0 saturated heterocycles. The van der Waals surface area contributed by atoms with Gasteiger partial charge in [-0.25, -0.2) is 0 Å². The van der Waals surface area contributed by atoms with Gasteiger partial charge in [0.2, 0.25) is 12.2 Å². The fraction of sp³-hybridized carbons (Fsp3) is 0.281. The summed E-state index contributed by atoms with van der Waals surface area (Å²) in [6.07, 6.45) is 2.54. The van der Waals surface area contributed by atoms with Crippen molar-refractivity contribution in [3.05, 3.63) is 93.5 Å². The topological polar surface area (TPSA) is 138 Å². The van der Waals surface area contributed by atoms with Crippen molar-refractivity contribution >= 4 is 40.4 Å². The van der Waals surface area contributed by atoms with E-state index in [0.29, 0.717) is 51.4 Å². The van der Waals surface area contributed by atoms with E-state index in [0.717, 1.165) is 5.69 Å². The van der Waals surface area contributed by atoms with Gasteiger partial charge in [0.25, 0.3) is 11.8 Å². The van der Waals surface area contributed by atoms with Crippen LogP contribution in [0.15, 0.2) is 70.5 Å². The molecule has 0 bridgehead atoms. The second-order valence-electron chi connectivity index (χ2n) is 10.0. The molecule has 12 heteroatoms. The Kier molecular flexibility index (Phi) is 9.80. The number of aromatic nitrogens is 2. The van der Waals surface area contributed by atoms with Gasteiger partial charge in [0.15, 0.2) is 11.5 Å². The van der Waals surface area contributed by atoms with E-state index in [1.54, 1.807) is 41.0 Å². The Labute approximate surface area is 257 Å². The summed E-state index contributed by atoms with van der Waals surface area (Å²) < 4.78 is 18.0. The van der Waals surface area contributed by atoms with Crippen molar-refractivity contribution in [1.29, 1.82) is 0 Å².